The predicted octanol–water partition coefficient (Wildman–Crippen LogP) is 2.79. The lowest BCUT2D eigenvalue weighted by molar-refractivity contribution is 0.0147. The van der Waals surface area contributed by atoms with Gasteiger partial charge in [0.25, 0.3) is 0 Å². The standard InChI is InChI=1S/C17H25NO2/c1-19-16-4-2-3-14(11-16)12-17(7-9-20-10-8-17)13-18-15-5-6-15/h2-4,11,15,18H,5-10,12-13H2,1H3. The van der Waals surface area contributed by atoms with E-state index >= 15 is 0 Å². The summed E-state index contributed by atoms with van der Waals surface area (Å²) in [5.41, 5.74) is 1.73. The lowest BCUT2D eigenvalue weighted by atomic mass is 9.75. The lowest BCUT2D eigenvalue weighted by Crippen LogP contribution is -2.41. The van der Waals surface area contributed by atoms with E-state index in [-0.39, 0.29) is 0 Å². The molecule has 3 nitrogen and oxygen atoms in total. The molecule has 2 aliphatic rings. The molecule has 0 unspecified atom stereocenters. The Morgan fingerprint density at radius 1 is 1.30 bits per heavy atom. The number of rotatable bonds is 6. The molecule has 1 saturated carbocycles. The Kier molecular flexibility index (Phi) is 4.27. The van der Waals surface area contributed by atoms with E-state index in [9.17, 15) is 0 Å². The maximum atomic E-state index is 5.58. The number of benzene rings is 1. The third-order valence-corrected chi connectivity index (χ3v) is 4.61. The molecule has 0 spiro atoms. The molecule has 1 aromatic carbocycles. The van der Waals surface area contributed by atoms with Crippen molar-refractivity contribution in [1.29, 1.82) is 0 Å². The van der Waals surface area contributed by atoms with Crippen LogP contribution in [0.25, 0.3) is 0 Å². The summed E-state index contributed by atoms with van der Waals surface area (Å²) in [6.07, 6.45) is 6.14. The van der Waals surface area contributed by atoms with Crippen LogP contribution < -0.4 is 10.1 Å². The molecule has 1 N–H and O–H groups in total. The Balaban J connectivity index is 1.70. The number of ether oxygens (including phenoxy) is 2. The third kappa shape index (κ3) is 3.53. The quantitative estimate of drug-likeness (QED) is 0.866. The van der Waals surface area contributed by atoms with E-state index in [1.165, 1.54) is 18.4 Å². The molecule has 1 aliphatic heterocycles. The summed E-state index contributed by atoms with van der Waals surface area (Å²) >= 11 is 0. The first-order chi connectivity index (χ1) is 9.80. The van der Waals surface area contributed by atoms with Gasteiger partial charge in [0.15, 0.2) is 0 Å². The first-order valence-electron chi connectivity index (χ1n) is 7.74. The van der Waals surface area contributed by atoms with Gasteiger partial charge < -0.3 is 14.8 Å². The molecule has 0 radical (unpaired) electrons. The maximum absolute atomic E-state index is 5.58. The van der Waals surface area contributed by atoms with Crippen LogP contribution in [0, 0.1) is 5.41 Å². The van der Waals surface area contributed by atoms with Crippen molar-refractivity contribution < 1.29 is 9.47 Å². The molecular formula is C17H25NO2. The van der Waals surface area contributed by atoms with E-state index in [0.717, 1.165) is 50.8 Å². The highest BCUT2D eigenvalue weighted by Crippen LogP contribution is 2.35. The second kappa shape index (κ2) is 6.15. The molecule has 2 fully saturated rings. The number of methoxy groups -OCH3 is 1. The van der Waals surface area contributed by atoms with Gasteiger partial charge in [-0.05, 0) is 55.2 Å². The van der Waals surface area contributed by atoms with Gasteiger partial charge in [-0.25, -0.2) is 0 Å². The highest BCUT2D eigenvalue weighted by Gasteiger charge is 2.34. The van der Waals surface area contributed by atoms with Crippen molar-refractivity contribution >= 4 is 0 Å². The second-order valence-corrected chi connectivity index (χ2v) is 6.30. The van der Waals surface area contributed by atoms with E-state index in [1.54, 1.807) is 7.11 Å². The molecule has 1 heterocycles. The van der Waals surface area contributed by atoms with Gasteiger partial charge in [0.1, 0.15) is 5.75 Å². The predicted molar refractivity (Wildman–Crippen MR) is 80.2 cm³/mol. The summed E-state index contributed by atoms with van der Waals surface area (Å²) in [4.78, 5) is 0. The van der Waals surface area contributed by atoms with E-state index < -0.39 is 0 Å². The third-order valence-electron chi connectivity index (χ3n) is 4.61. The van der Waals surface area contributed by atoms with Crippen LogP contribution in [-0.2, 0) is 11.2 Å². The van der Waals surface area contributed by atoms with Crippen LogP contribution >= 0.6 is 0 Å². The Hall–Kier alpha value is -1.06. The zero-order valence-corrected chi connectivity index (χ0v) is 12.4. The Morgan fingerprint density at radius 3 is 2.80 bits per heavy atom. The summed E-state index contributed by atoms with van der Waals surface area (Å²) in [7, 11) is 1.73. The lowest BCUT2D eigenvalue weighted by Gasteiger charge is -2.38. The van der Waals surface area contributed by atoms with Crippen LogP contribution in [0.1, 0.15) is 31.2 Å². The molecule has 110 valence electrons. The minimum Gasteiger partial charge on any atom is -0.497 e. The van der Waals surface area contributed by atoms with Crippen molar-refractivity contribution in [2.75, 3.05) is 26.9 Å². The molecule has 1 aliphatic carbocycles. The van der Waals surface area contributed by atoms with Crippen LogP contribution in [0.15, 0.2) is 24.3 Å². The van der Waals surface area contributed by atoms with E-state index in [1.807, 2.05) is 6.07 Å². The summed E-state index contributed by atoms with van der Waals surface area (Å²) in [5, 5.41) is 3.73. The zero-order chi connectivity index (χ0) is 13.8. The van der Waals surface area contributed by atoms with Crippen molar-refractivity contribution in [2.24, 2.45) is 5.41 Å². The number of hydrogen-bond donors (Lipinski definition) is 1. The van der Waals surface area contributed by atoms with Crippen molar-refractivity contribution in [3.63, 3.8) is 0 Å². The van der Waals surface area contributed by atoms with Crippen LogP contribution in [0.3, 0.4) is 0 Å². The normalized spacial score (nSPS) is 21.6. The second-order valence-electron chi connectivity index (χ2n) is 6.30. The average molecular weight is 275 g/mol. The summed E-state index contributed by atoms with van der Waals surface area (Å²) in [6, 6.07) is 9.28. The molecule has 1 aromatic rings. The van der Waals surface area contributed by atoms with Gasteiger partial charge in [-0.15, -0.1) is 0 Å². The smallest absolute Gasteiger partial charge is 0.119 e. The Morgan fingerprint density at radius 2 is 2.10 bits per heavy atom. The van der Waals surface area contributed by atoms with Crippen molar-refractivity contribution in [2.45, 2.75) is 38.1 Å². The van der Waals surface area contributed by atoms with Gasteiger partial charge in [-0.2, -0.15) is 0 Å². The summed E-state index contributed by atoms with van der Waals surface area (Å²) in [6.45, 7) is 2.92. The fourth-order valence-electron chi connectivity index (χ4n) is 3.08. The molecule has 0 atom stereocenters. The molecule has 3 rings (SSSR count). The topological polar surface area (TPSA) is 30.5 Å². The Labute approximate surface area is 121 Å². The molecule has 0 amide bonds. The highest BCUT2D eigenvalue weighted by atomic mass is 16.5. The van der Waals surface area contributed by atoms with Gasteiger partial charge in [0.05, 0.1) is 7.11 Å². The average Bonchev–Trinajstić information content (AvgIpc) is 3.31. The summed E-state index contributed by atoms with van der Waals surface area (Å²) in [5.74, 6) is 0.958. The molecule has 0 bridgehead atoms. The van der Waals surface area contributed by atoms with Gasteiger partial charge in [-0.3, -0.25) is 0 Å². The summed E-state index contributed by atoms with van der Waals surface area (Å²) < 4.78 is 10.9. The highest BCUT2D eigenvalue weighted by molar-refractivity contribution is 5.29. The van der Waals surface area contributed by atoms with Crippen molar-refractivity contribution in [3.05, 3.63) is 29.8 Å². The van der Waals surface area contributed by atoms with Crippen LogP contribution in [-0.4, -0.2) is 32.9 Å². The SMILES string of the molecule is COc1cccc(CC2(CNC3CC3)CCOCC2)c1. The first-order valence-corrected chi connectivity index (χ1v) is 7.74. The number of nitrogens with one attached hydrogen (secondary N) is 1. The van der Waals surface area contributed by atoms with Crippen LogP contribution in [0.4, 0.5) is 0 Å². The van der Waals surface area contributed by atoms with Crippen molar-refractivity contribution in [1.82, 2.24) is 5.32 Å². The minimum atomic E-state index is 0.354. The molecule has 1 saturated heterocycles. The van der Waals surface area contributed by atoms with E-state index in [0.29, 0.717) is 5.41 Å². The largest absolute Gasteiger partial charge is 0.497 e. The van der Waals surface area contributed by atoms with Crippen LogP contribution in [0.2, 0.25) is 0 Å². The molecule has 0 aromatic heterocycles. The fraction of sp³-hybridized carbons (Fsp3) is 0.647. The zero-order valence-electron chi connectivity index (χ0n) is 12.4. The Bertz CT molecular complexity index is 436. The molecular weight excluding hydrogens is 250 g/mol. The number of hydrogen-bond acceptors (Lipinski definition) is 3. The van der Waals surface area contributed by atoms with Crippen LogP contribution in [0.5, 0.6) is 5.75 Å². The van der Waals surface area contributed by atoms with Crippen molar-refractivity contribution in [3.8, 4) is 5.75 Å². The first kappa shape index (κ1) is 13.9. The fourth-order valence-corrected chi connectivity index (χ4v) is 3.08. The maximum Gasteiger partial charge on any atom is 0.119 e. The molecule has 20 heavy (non-hydrogen) atoms. The van der Waals surface area contributed by atoms with Gasteiger partial charge >= 0.3 is 0 Å². The van der Waals surface area contributed by atoms with E-state index in [2.05, 4.69) is 23.5 Å². The minimum absolute atomic E-state index is 0.354. The van der Waals surface area contributed by atoms with Gasteiger partial charge in [0, 0.05) is 25.8 Å². The molecule has 3 heteroatoms. The monoisotopic (exact) mass is 275 g/mol. The van der Waals surface area contributed by atoms with E-state index in [4.69, 9.17) is 9.47 Å². The van der Waals surface area contributed by atoms with Gasteiger partial charge in [-0.1, -0.05) is 12.1 Å². The van der Waals surface area contributed by atoms with Gasteiger partial charge in [0.2, 0.25) is 0 Å².